The van der Waals surface area contributed by atoms with Crippen molar-refractivity contribution in [2.24, 2.45) is 5.41 Å². The molecule has 1 spiro atoms. The summed E-state index contributed by atoms with van der Waals surface area (Å²) in [5.41, 5.74) is -0.256. The number of carbonyl (C=O) groups is 1. The molecule has 4 rings (SSSR count). The maximum absolute atomic E-state index is 13.1. The summed E-state index contributed by atoms with van der Waals surface area (Å²) in [5, 5.41) is 0. The zero-order valence-electron chi connectivity index (χ0n) is 15.4. The molecule has 0 aliphatic carbocycles. The predicted octanol–water partition coefficient (Wildman–Crippen LogP) is 0.246. The number of anilines is 1. The molecule has 8 heteroatoms. The first kappa shape index (κ1) is 17.5. The van der Waals surface area contributed by atoms with E-state index in [1.165, 1.54) is 0 Å². The van der Waals surface area contributed by atoms with Crippen molar-refractivity contribution < 1.29 is 14.3 Å². The molecule has 1 aromatic rings. The molecule has 0 saturated carbocycles. The van der Waals surface area contributed by atoms with Gasteiger partial charge in [0.25, 0.3) is 0 Å². The highest BCUT2D eigenvalue weighted by Gasteiger charge is 2.51. The highest BCUT2D eigenvalue weighted by molar-refractivity contribution is 5.86. The van der Waals surface area contributed by atoms with E-state index in [1.807, 2.05) is 4.90 Å². The van der Waals surface area contributed by atoms with Gasteiger partial charge >= 0.3 is 0 Å². The molecule has 4 heterocycles. The van der Waals surface area contributed by atoms with Gasteiger partial charge in [-0.15, -0.1) is 0 Å². The second kappa shape index (κ2) is 7.36. The normalized spacial score (nSPS) is 26.9. The summed E-state index contributed by atoms with van der Waals surface area (Å²) in [6.45, 7) is 7.70. The van der Waals surface area contributed by atoms with E-state index in [0.29, 0.717) is 24.1 Å². The second-order valence-electron chi connectivity index (χ2n) is 7.37. The Morgan fingerprint density at radius 3 is 2.58 bits per heavy atom. The average Bonchev–Trinajstić information content (AvgIpc) is 3.26. The van der Waals surface area contributed by atoms with E-state index in [9.17, 15) is 4.79 Å². The summed E-state index contributed by atoms with van der Waals surface area (Å²) in [7, 11) is 1.60. The highest BCUT2D eigenvalue weighted by atomic mass is 16.5. The first-order chi connectivity index (χ1) is 12.7. The first-order valence-corrected chi connectivity index (χ1v) is 9.41. The van der Waals surface area contributed by atoms with Crippen LogP contribution in [-0.2, 0) is 9.53 Å². The lowest BCUT2D eigenvalue weighted by molar-refractivity contribution is -0.135. The Labute approximate surface area is 154 Å². The van der Waals surface area contributed by atoms with Crippen molar-refractivity contribution in [2.45, 2.75) is 12.8 Å². The van der Waals surface area contributed by atoms with Crippen molar-refractivity contribution in [3.8, 4) is 5.75 Å². The molecule has 142 valence electrons. The lowest BCUT2D eigenvalue weighted by atomic mass is 9.85. The summed E-state index contributed by atoms with van der Waals surface area (Å²) >= 11 is 0. The molecule has 3 saturated heterocycles. The summed E-state index contributed by atoms with van der Waals surface area (Å²) in [4.78, 5) is 28.4. The Hall–Kier alpha value is -1.93. The predicted molar refractivity (Wildman–Crippen MR) is 96.3 cm³/mol. The highest BCUT2D eigenvalue weighted by Crippen LogP contribution is 2.41. The van der Waals surface area contributed by atoms with Gasteiger partial charge in [0.05, 0.1) is 38.1 Å². The van der Waals surface area contributed by atoms with Gasteiger partial charge < -0.3 is 19.3 Å². The molecule has 0 radical (unpaired) electrons. The summed E-state index contributed by atoms with van der Waals surface area (Å²) in [6.07, 6.45) is 5.17. The van der Waals surface area contributed by atoms with Crippen molar-refractivity contribution in [2.75, 3.05) is 71.0 Å². The number of morpholine rings is 1. The number of hydrogen-bond donors (Lipinski definition) is 0. The molecule has 1 aromatic heterocycles. The SMILES string of the molecule is COc1cnc(N2CCC3(CCN(CCN4CCOCC4)C3=O)C2)nc1. The number of methoxy groups -OCH3 is 1. The third-order valence-electron chi connectivity index (χ3n) is 5.88. The van der Waals surface area contributed by atoms with Crippen molar-refractivity contribution in [3.63, 3.8) is 0 Å². The van der Waals surface area contributed by atoms with Crippen LogP contribution in [0.15, 0.2) is 12.4 Å². The van der Waals surface area contributed by atoms with Gasteiger partial charge in [-0.3, -0.25) is 9.69 Å². The molecule has 0 aromatic carbocycles. The number of rotatable bonds is 5. The molecule has 26 heavy (non-hydrogen) atoms. The van der Waals surface area contributed by atoms with Crippen LogP contribution in [0.5, 0.6) is 5.75 Å². The second-order valence-corrected chi connectivity index (χ2v) is 7.37. The molecular weight excluding hydrogens is 334 g/mol. The number of carbonyl (C=O) groups excluding carboxylic acids is 1. The Balaban J connectivity index is 1.34. The van der Waals surface area contributed by atoms with E-state index < -0.39 is 0 Å². The van der Waals surface area contributed by atoms with E-state index in [2.05, 4.69) is 19.8 Å². The van der Waals surface area contributed by atoms with Crippen LogP contribution in [-0.4, -0.2) is 91.8 Å². The van der Waals surface area contributed by atoms with Crippen LogP contribution in [0.1, 0.15) is 12.8 Å². The van der Waals surface area contributed by atoms with Gasteiger partial charge in [-0.1, -0.05) is 0 Å². The quantitative estimate of drug-likeness (QED) is 0.744. The smallest absolute Gasteiger partial charge is 0.230 e. The largest absolute Gasteiger partial charge is 0.494 e. The average molecular weight is 361 g/mol. The molecule has 8 nitrogen and oxygen atoms in total. The standard InChI is InChI=1S/C18H27N5O3/c1-25-15-12-19-17(20-13-15)23-5-3-18(14-23)2-4-22(16(18)24)7-6-21-8-10-26-11-9-21/h12-13H,2-11,14H2,1H3. The van der Waals surface area contributed by atoms with Crippen molar-refractivity contribution in [1.29, 1.82) is 0 Å². The van der Waals surface area contributed by atoms with E-state index >= 15 is 0 Å². The van der Waals surface area contributed by atoms with E-state index in [-0.39, 0.29) is 5.41 Å². The van der Waals surface area contributed by atoms with Crippen LogP contribution in [0.2, 0.25) is 0 Å². The van der Waals surface area contributed by atoms with Gasteiger partial charge in [-0.05, 0) is 12.8 Å². The first-order valence-electron chi connectivity index (χ1n) is 9.41. The topological polar surface area (TPSA) is 71.0 Å². The minimum atomic E-state index is -0.256. The molecule has 3 aliphatic heterocycles. The number of aromatic nitrogens is 2. The molecule has 3 aliphatic rings. The lowest BCUT2D eigenvalue weighted by Gasteiger charge is -2.29. The molecule has 1 unspecified atom stereocenters. The maximum Gasteiger partial charge on any atom is 0.230 e. The lowest BCUT2D eigenvalue weighted by Crippen LogP contribution is -2.43. The van der Waals surface area contributed by atoms with Gasteiger partial charge in [0, 0.05) is 45.8 Å². The van der Waals surface area contributed by atoms with Crippen molar-refractivity contribution >= 4 is 11.9 Å². The van der Waals surface area contributed by atoms with Crippen LogP contribution in [0, 0.1) is 5.41 Å². The molecular formula is C18H27N5O3. The minimum absolute atomic E-state index is 0.256. The fourth-order valence-corrected chi connectivity index (χ4v) is 4.19. The molecule has 3 fully saturated rings. The van der Waals surface area contributed by atoms with Gasteiger partial charge in [-0.2, -0.15) is 0 Å². The molecule has 1 atom stereocenters. The number of amides is 1. The maximum atomic E-state index is 13.1. The van der Waals surface area contributed by atoms with E-state index in [0.717, 1.165) is 65.3 Å². The van der Waals surface area contributed by atoms with E-state index in [4.69, 9.17) is 9.47 Å². The fourth-order valence-electron chi connectivity index (χ4n) is 4.19. The van der Waals surface area contributed by atoms with Crippen LogP contribution < -0.4 is 9.64 Å². The summed E-state index contributed by atoms with van der Waals surface area (Å²) < 4.78 is 10.5. The van der Waals surface area contributed by atoms with Crippen molar-refractivity contribution in [1.82, 2.24) is 19.8 Å². The van der Waals surface area contributed by atoms with Gasteiger partial charge in [-0.25, -0.2) is 9.97 Å². The monoisotopic (exact) mass is 361 g/mol. The zero-order valence-corrected chi connectivity index (χ0v) is 15.4. The summed E-state index contributed by atoms with van der Waals surface area (Å²) in [5.74, 6) is 1.64. The van der Waals surface area contributed by atoms with Crippen LogP contribution in [0.25, 0.3) is 0 Å². The number of likely N-dealkylation sites (tertiary alicyclic amines) is 1. The Morgan fingerprint density at radius 1 is 1.12 bits per heavy atom. The van der Waals surface area contributed by atoms with Crippen LogP contribution in [0.3, 0.4) is 0 Å². The van der Waals surface area contributed by atoms with Gasteiger partial charge in [0.1, 0.15) is 0 Å². The van der Waals surface area contributed by atoms with Crippen LogP contribution >= 0.6 is 0 Å². The zero-order chi connectivity index (χ0) is 18.0. The molecule has 1 amide bonds. The summed E-state index contributed by atoms with van der Waals surface area (Å²) in [6, 6.07) is 0. The van der Waals surface area contributed by atoms with Gasteiger partial charge in [0.15, 0.2) is 5.75 Å². The third kappa shape index (κ3) is 3.35. The fraction of sp³-hybridized carbons (Fsp3) is 0.722. The third-order valence-corrected chi connectivity index (χ3v) is 5.88. The Kier molecular flexibility index (Phi) is 4.95. The van der Waals surface area contributed by atoms with Crippen molar-refractivity contribution in [3.05, 3.63) is 12.4 Å². The Morgan fingerprint density at radius 2 is 1.85 bits per heavy atom. The van der Waals surface area contributed by atoms with Crippen LogP contribution in [0.4, 0.5) is 5.95 Å². The molecule has 0 bridgehead atoms. The number of nitrogens with zero attached hydrogens (tertiary/aromatic N) is 5. The molecule has 0 N–H and O–H groups in total. The minimum Gasteiger partial charge on any atom is -0.494 e. The number of ether oxygens (including phenoxy) is 2. The Bertz CT molecular complexity index is 634. The van der Waals surface area contributed by atoms with Gasteiger partial charge in [0.2, 0.25) is 11.9 Å². The number of hydrogen-bond acceptors (Lipinski definition) is 7. The van der Waals surface area contributed by atoms with E-state index in [1.54, 1.807) is 19.5 Å².